The van der Waals surface area contributed by atoms with Crippen LogP contribution in [0.1, 0.15) is 45.6 Å². The van der Waals surface area contributed by atoms with Gasteiger partial charge in [-0.1, -0.05) is 19.1 Å². The van der Waals surface area contributed by atoms with Crippen LogP contribution in [0.15, 0.2) is 62.3 Å². The van der Waals surface area contributed by atoms with E-state index in [1.54, 1.807) is 52.0 Å². The van der Waals surface area contributed by atoms with E-state index in [4.69, 9.17) is 13.9 Å². The minimum atomic E-state index is -1.05. The molecule has 2 aliphatic rings. The average molecular weight is 466 g/mol. The van der Waals surface area contributed by atoms with Crippen LogP contribution in [0.4, 0.5) is 0 Å². The van der Waals surface area contributed by atoms with E-state index in [2.05, 4.69) is 5.32 Å². The molecule has 0 saturated heterocycles. The molecule has 8 heteroatoms. The van der Waals surface area contributed by atoms with Crippen LogP contribution < -0.4 is 10.7 Å². The number of dihydropyridines is 1. The number of nitrogens with one attached hydrogen (secondary N) is 1. The van der Waals surface area contributed by atoms with Crippen LogP contribution in [0.3, 0.4) is 0 Å². The molecule has 1 N–H and O–H groups in total. The Morgan fingerprint density at radius 2 is 1.88 bits per heavy atom. The Kier molecular flexibility index (Phi) is 6.17. The highest BCUT2D eigenvalue weighted by Crippen LogP contribution is 2.45. The van der Waals surface area contributed by atoms with Gasteiger partial charge in [0.1, 0.15) is 11.5 Å². The second-order valence-electron chi connectivity index (χ2n) is 9.01. The summed E-state index contributed by atoms with van der Waals surface area (Å²) in [5, 5.41) is 3.50. The number of benzene rings is 1. The zero-order chi connectivity index (χ0) is 24.7. The van der Waals surface area contributed by atoms with Gasteiger partial charge in [-0.15, -0.1) is 0 Å². The third-order valence-electron chi connectivity index (χ3n) is 6.32. The van der Waals surface area contributed by atoms with Gasteiger partial charge in [-0.2, -0.15) is 0 Å². The number of para-hydroxylation sites is 1. The molecule has 0 saturated carbocycles. The normalized spacial score (nSPS) is 22.5. The highest BCUT2D eigenvalue weighted by molar-refractivity contribution is 6.12. The molecular weight excluding hydrogens is 438 g/mol. The molecule has 1 aromatic heterocycles. The lowest BCUT2D eigenvalue weighted by Gasteiger charge is -2.38. The van der Waals surface area contributed by atoms with Gasteiger partial charge >= 0.3 is 11.9 Å². The standard InChI is InChI=1S/C26H27NO7/c1-12(2)34-26(31)20-14(4)27-17-10-13(3)19(25(30)32-5)24(29)22(17)21(20)16-11-33-18-9-7-6-8-15(18)23(16)28/h6-9,11-13,19,21,27H,10H2,1-5H3/t13-,19+,21-/m0/s1. The van der Waals surface area contributed by atoms with Crippen LogP contribution in [0.5, 0.6) is 0 Å². The maximum Gasteiger partial charge on any atom is 0.337 e. The monoisotopic (exact) mass is 465 g/mol. The summed E-state index contributed by atoms with van der Waals surface area (Å²) in [6.07, 6.45) is 1.25. The Morgan fingerprint density at radius 1 is 1.18 bits per heavy atom. The van der Waals surface area contributed by atoms with Gasteiger partial charge in [0.05, 0.1) is 36.4 Å². The summed E-state index contributed by atoms with van der Waals surface area (Å²) in [6.45, 7) is 6.94. The number of hydrogen-bond acceptors (Lipinski definition) is 8. The fraction of sp³-hybridized carbons (Fsp3) is 0.385. The molecular formula is C26H27NO7. The summed E-state index contributed by atoms with van der Waals surface area (Å²) in [6, 6.07) is 6.76. The van der Waals surface area contributed by atoms with Crippen LogP contribution in [0.2, 0.25) is 0 Å². The topological polar surface area (TPSA) is 112 Å². The fourth-order valence-electron chi connectivity index (χ4n) is 4.83. The number of Topliss-reactive ketones (excluding diaryl/α,β-unsaturated/α-hetero) is 1. The number of ketones is 1. The minimum absolute atomic E-state index is 0.134. The second-order valence-corrected chi connectivity index (χ2v) is 9.01. The number of rotatable bonds is 4. The predicted molar refractivity (Wildman–Crippen MR) is 124 cm³/mol. The summed E-state index contributed by atoms with van der Waals surface area (Å²) < 4.78 is 16.1. The third-order valence-corrected chi connectivity index (χ3v) is 6.32. The van der Waals surface area contributed by atoms with Gasteiger partial charge < -0.3 is 19.2 Å². The maximum absolute atomic E-state index is 13.7. The minimum Gasteiger partial charge on any atom is -0.468 e. The molecule has 2 heterocycles. The van der Waals surface area contributed by atoms with Crippen LogP contribution >= 0.6 is 0 Å². The molecule has 1 aliphatic carbocycles. The number of carbonyl (C=O) groups is 3. The van der Waals surface area contributed by atoms with Gasteiger partial charge in [-0.05, 0) is 45.2 Å². The predicted octanol–water partition coefficient (Wildman–Crippen LogP) is 3.36. The number of fused-ring (bicyclic) bond motifs is 1. The number of ether oxygens (including phenoxy) is 2. The van der Waals surface area contributed by atoms with Crippen molar-refractivity contribution in [3.63, 3.8) is 0 Å². The Morgan fingerprint density at radius 3 is 2.56 bits per heavy atom. The van der Waals surface area contributed by atoms with Gasteiger partial charge in [0, 0.05) is 22.5 Å². The van der Waals surface area contributed by atoms with Crippen molar-refractivity contribution in [2.45, 2.75) is 46.1 Å². The molecule has 0 unspecified atom stereocenters. The van der Waals surface area contributed by atoms with Crippen molar-refractivity contribution in [1.82, 2.24) is 5.32 Å². The van der Waals surface area contributed by atoms with Crippen molar-refractivity contribution >= 4 is 28.7 Å². The summed E-state index contributed by atoms with van der Waals surface area (Å²) in [5.74, 6) is -4.18. The van der Waals surface area contributed by atoms with Gasteiger partial charge in [0.25, 0.3) is 0 Å². The van der Waals surface area contributed by atoms with Gasteiger partial charge in [-0.25, -0.2) is 4.79 Å². The molecule has 0 spiro atoms. The van der Waals surface area contributed by atoms with Crippen LogP contribution in [0.25, 0.3) is 11.0 Å². The van der Waals surface area contributed by atoms with Gasteiger partial charge in [-0.3, -0.25) is 14.4 Å². The Labute approximate surface area is 196 Å². The lowest BCUT2D eigenvalue weighted by Crippen LogP contribution is -2.44. The smallest absolute Gasteiger partial charge is 0.337 e. The first-order valence-corrected chi connectivity index (χ1v) is 11.2. The molecule has 0 bridgehead atoms. The van der Waals surface area contributed by atoms with E-state index in [1.165, 1.54) is 13.4 Å². The number of hydrogen-bond donors (Lipinski definition) is 1. The van der Waals surface area contributed by atoms with E-state index in [1.807, 2.05) is 0 Å². The summed E-state index contributed by atoms with van der Waals surface area (Å²) >= 11 is 0. The highest BCUT2D eigenvalue weighted by atomic mass is 16.5. The molecule has 1 aromatic carbocycles. The Hall–Kier alpha value is -3.68. The van der Waals surface area contributed by atoms with Crippen molar-refractivity contribution in [3.8, 4) is 0 Å². The molecule has 0 fully saturated rings. The number of carbonyl (C=O) groups excluding carboxylic acids is 3. The number of allylic oxidation sites excluding steroid dienone is 3. The molecule has 0 amide bonds. The lowest BCUT2D eigenvalue weighted by molar-refractivity contribution is -0.151. The number of esters is 2. The first kappa shape index (κ1) is 23.5. The number of methoxy groups -OCH3 is 1. The molecule has 34 heavy (non-hydrogen) atoms. The van der Waals surface area contributed by atoms with Gasteiger partial charge in [0.15, 0.2) is 11.2 Å². The summed E-state index contributed by atoms with van der Waals surface area (Å²) in [4.78, 5) is 53.0. The van der Waals surface area contributed by atoms with Crippen LogP contribution in [-0.4, -0.2) is 30.9 Å². The first-order chi connectivity index (χ1) is 16.1. The van der Waals surface area contributed by atoms with E-state index in [0.717, 1.165) is 0 Å². The van der Waals surface area contributed by atoms with Crippen molar-refractivity contribution in [1.29, 1.82) is 0 Å². The molecule has 4 rings (SSSR count). The van der Waals surface area contributed by atoms with Crippen LogP contribution in [0, 0.1) is 11.8 Å². The van der Waals surface area contributed by atoms with E-state index in [9.17, 15) is 19.2 Å². The second kappa shape index (κ2) is 8.93. The molecule has 178 valence electrons. The third kappa shape index (κ3) is 3.83. The average Bonchev–Trinajstić information content (AvgIpc) is 2.78. The van der Waals surface area contributed by atoms with E-state index in [0.29, 0.717) is 28.8 Å². The maximum atomic E-state index is 13.7. The zero-order valence-corrected chi connectivity index (χ0v) is 19.8. The van der Waals surface area contributed by atoms with Crippen LogP contribution in [-0.2, 0) is 23.9 Å². The molecule has 3 atom stereocenters. The highest BCUT2D eigenvalue weighted by Gasteiger charge is 2.48. The van der Waals surface area contributed by atoms with Crippen molar-refractivity contribution in [3.05, 3.63) is 68.9 Å². The molecule has 8 nitrogen and oxygen atoms in total. The Balaban J connectivity index is 1.97. The largest absolute Gasteiger partial charge is 0.468 e. The molecule has 1 aliphatic heterocycles. The SMILES string of the molecule is COC(=O)[C@H]1C(=O)C2=C(C[C@@H]1C)NC(C)=C(C(=O)OC(C)C)[C@@H]2c1coc2ccccc2c1=O. The zero-order valence-electron chi connectivity index (χ0n) is 19.8. The van der Waals surface area contributed by atoms with E-state index >= 15 is 0 Å². The molecule has 0 radical (unpaired) electrons. The summed E-state index contributed by atoms with van der Waals surface area (Å²) in [7, 11) is 1.23. The Bertz CT molecular complexity index is 1310. The van der Waals surface area contributed by atoms with Crippen molar-refractivity contribution in [2.24, 2.45) is 11.8 Å². The van der Waals surface area contributed by atoms with E-state index < -0.39 is 35.7 Å². The summed E-state index contributed by atoms with van der Waals surface area (Å²) in [5.41, 5.74) is 1.56. The van der Waals surface area contributed by atoms with E-state index in [-0.39, 0.29) is 28.1 Å². The first-order valence-electron chi connectivity index (χ1n) is 11.2. The van der Waals surface area contributed by atoms with Crippen molar-refractivity contribution < 1.29 is 28.3 Å². The van der Waals surface area contributed by atoms with Gasteiger partial charge in [0.2, 0.25) is 0 Å². The molecule has 2 aromatic rings. The lowest BCUT2D eigenvalue weighted by atomic mass is 9.69. The fourth-order valence-corrected chi connectivity index (χ4v) is 4.83. The quantitative estimate of drug-likeness (QED) is 0.540. The van der Waals surface area contributed by atoms with Crippen molar-refractivity contribution in [2.75, 3.05) is 7.11 Å².